The summed E-state index contributed by atoms with van der Waals surface area (Å²) in [6, 6.07) is 10.2. The maximum Gasteiger partial charge on any atom is 0.398 e. The van der Waals surface area contributed by atoms with E-state index in [9.17, 15) is 22.8 Å². The molecular formula is C19H20F3N3O2S2. The van der Waals surface area contributed by atoms with Gasteiger partial charge >= 0.3 is 6.18 Å². The summed E-state index contributed by atoms with van der Waals surface area (Å²) in [4.78, 5) is 29.4. The number of hydrogen-bond donors (Lipinski definition) is 1. The molecule has 5 nitrogen and oxygen atoms in total. The van der Waals surface area contributed by atoms with Crippen molar-refractivity contribution < 1.29 is 22.8 Å². The molecule has 0 aliphatic carbocycles. The minimum absolute atomic E-state index is 0.0114. The molecule has 2 amide bonds. The third-order valence-corrected chi connectivity index (χ3v) is 6.36. The van der Waals surface area contributed by atoms with E-state index in [0.29, 0.717) is 53.4 Å². The van der Waals surface area contributed by atoms with Gasteiger partial charge in [0.2, 0.25) is 5.91 Å². The number of rotatable bonds is 6. The number of amides is 2. The first-order valence-corrected chi connectivity index (χ1v) is 10.8. The average Bonchev–Trinajstić information content (AvgIpc) is 3.25. The number of carbonyl (C=O) groups excluding carboxylic acids is 2. The van der Waals surface area contributed by atoms with Gasteiger partial charge in [0, 0.05) is 36.8 Å². The summed E-state index contributed by atoms with van der Waals surface area (Å²) in [6.07, 6.45) is -4.26. The molecule has 0 radical (unpaired) electrons. The maximum atomic E-state index is 12.5. The van der Waals surface area contributed by atoms with Crippen LogP contribution in [0.1, 0.15) is 9.67 Å². The quantitative estimate of drug-likeness (QED) is 0.690. The van der Waals surface area contributed by atoms with Crippen molar-refractivity contribution in [1.82, 2.24) is 9.80 Å². The molecule has 0 bridgehead atoms. The van der Waals surface area contributed by atoms with Crippen LogP contribution in [-0.2, 0) is 4.79 Å². The van der Waals surface area contributed by atoms with Crippen molar-refractivity contribution in [3.05, 3.63) is 46.7 Å². The second kappa shape index (κ2) is 9.53. The summed E-state index contributed by atoms with van der Waals surface area (Å²) in [6.45, 7) is 1.77. The van der Waals surface area contributed by atoms with Gasteiger partial charge in [0.1, 0.15) is 0 Å². The van der Waals surface area contributed by atoms with Gasteiger partial charge in [-0.3, -0.25) is 9.59 Å². The fourth-order valence-electron chi connectivity index (χ4n) is 2.90. The Kier molecular flexibility index (Phi) is 7.07. The van der Waals surface area contributed by atoms with E-state index >= 15 is 0 Å². The lowest BCUT2D eigenvalue weighted by Gasteiger charge is -2.34. The maximum absolute atomic E-state index is 12.5. The minimum atomic E-state index is -4.26. The van der Waals surface area contributed by atoms with Crippen LogP contribution in [0.2, 0.25) is 0 Å². The van der Waals surface area contributed by atoms with Crippen molar-refractivity contribution in [2.45, 2.75) is 11.1 Å². The van der Waals surface area contributed by atoms with Gasteiger partial charge in [-0.1, -0.05) is 18.2 Å². The smallest absolute Gasteiger partial charge is 0.375 e. The molecule has 2 aromatic rings. The third-order valence-electron chi connectivity index (χ3n) is 4.36. The summed E-state index contributed by atoms with van der Waals surface area (Å²) in [5, 5.41) is 4.80. The van der Waals surface area contributed by atoms with E-state index in [1.165, 1.54) is 11.3 Å². The molecule has 1 N–H and O–H groups in total. The Balaban J connectivity index is 1.49. The highest BCUT2D eigenvalue weighted by atomic mass is 32.2. The number of thioether (sulfide) groups is 1. The van der Waals surface area contributed by atoms with E-state index in [1.807, 2.05) is 11.4 Å². The van der Waals surface area contributed by atoms with Gasteiger partial charge in [0.25, 0.3) is 5.91 Å². The zero-order chi connectivity index (χ0) is 20.9. The van der Waals surface area contributed by atoms with Crippen LogP contribution in [0.25, 0.3) is 0 Å². The van der Waals surface area contributed by atoms with Gasteiger partial charge in [-0.2, -0.15) is 13.2 Å². The van der Waals surface area contributed by atoms with Crippen LogP contribution in [0.4, 0.5) is 18.9 Å². The van der Waals surface area contributed by atoms with E-state index in [-0.39, 0.29) is 18.4 Å². The van der Waals surface area contributed by atoms with Gasteiger partial charge in [0.05, 0.1) is 17.2 Å². The standard InChI is InChI=1S/C19H20F3N3O2S2/c20-19(21,22)13-29-15-5-2-1-4-14(15)23-12-17(26)24-7-9-25(10-8-24)18(27)16-6-3-11-28-16/h1-6,11,23H,7-10,12-13H2. The van der Waals surface area contributed by atoms with Crippen LogP contribution >= 0.6 is 23.1 Å². The Labute approximate surface area is 174 Å². The SMILES string of the molecule is O=C(CNc1ccccc1SCC(F)(F)F)N1CCN(C(=O)c2cccs2)CC1. The molecule has 0 saturated carbocycles. The van der Waals surface area contributed by atoms with Crippen molar-refractivity contribution >= 4 is 40.6 Å². The number of thiophene rings is 1. The lowest BCUT2D eigenvalue weighted by atomic mass is 10.2. The molecule has 1 fully saturated rings. The van der Waals surface area contributed by atoms with E-state index < -0.39 is 11.9 Å². The van der Waals surface area contributed by atoms with Crippen LogP contribution in [0, 0.1) is 0 Å². The molecule has 1 aliphatic rings. The van der Waals surface area contributed by atoms with Gasteiger partial charge in [-0.05, 0) is 23.6 Å². The highest BCUT2D eigenvalue weighted by molar-refractivity contribution is 7.99. The van der Waals surface area contributed by atoms with Crippen LogP contribution in [-0.4, -0.2) is 66.3 Å². The van der Waals surface area contributed by atoms with Gasteiger partial charge in [-0.25, -0.2) is 0 Å². The highest BCUT2D eigenvalue weighted by Crippen LogP contribution is 2.32. The first-order chi connectivity index (χ1) is 13.8. The topological polar surface area (TPSA) is 52.7 Å². The van der Waals surface area contributed by atoms with Crippen molar-refractivity contribution in [3.63, 3.8) is 0 Å². The molecule has 0 unspecified atom stereocenters. The number of benzene rings is 1. The largest absolute Gasteiger partial charge is 0.398 e. The predicted octanol–water partition coefficient (Wildman–Crippen LogP) is 3.80. The molecule has 1 aromatic heterocycles. The summed E-state index contributed by atoms with van der Waals surface area (Å²) in [7, 11) is 0. The number of halogens is 3. The number of nitrogens with zero attached hydrogens (tertiary/aromatic N) is 2. The molecule has 29 heavy (non-hydrogen) atoms. The fraction of sp³-hybridized carbons (Fsp3) is 0.368. The molecule has 3 rings (SSSR count). The molecule has 10 heteroatoms. The number of alkyl halides is 3. The minimum Gasteiger partial charge on any atom is -0.375 e. The van der Waals surface area contributed by atoms with Crippen molar-refractivity contribution in [3.8, 4) is 0 Å². The van der Waals surface area contributed by atoms with Crippen LogP contribution in [0.5, 0.6) is 0 Å². The number of anilines is 1. The number of carbonyl (C=O) groups is 2. The van der Waals surface area contributed by atoms with Crippen LogP contribution < -0.4 is 5.32 Å². The second-order valence-electron chi connectivity index (χ2n) is 6.40. The lowest BCUT2D eigenvalue weighted by Crippen LogP contribution is -2.51. The van der Waals surface area contributed by atoms with E-state index in [4.69, 9.17) is 0 Å². The Morgan fingerprint density at radius 3 is 2.38 bits per heavy atom. The number of piperazine rings is 1. The van der Waals surface area contributed by atoms with E-state index in [1.54, 1.807) is 40.1 Å². The normalized spacial score (nSPS) is 14.7. The monoisotopic (exact) mass is 443 g/mol. The van der Waals surface area contributed by atoms with Gasteiger partial charge in [-0.15, -0.1) is 23.1 Å². The molecule has 2 heterocycles. The van der Waals surface area contributed by atoms with Crippen molar-refractivity contribution in [2.24, 2.45) is 0 Å². The highest BCUT2D eigenvalue weighted by Gasteiger charge is 2.28. The summed E-state index contributed by atoms with van der Waals surface area (Å²) in [5.41, 5.74) is 0.501. The van der Waals surface area contributed by atoms with Crippen LogP contribution in [0.15, 0.2) is 46.7 Å². The molecule has 0 atom stereocenters. The molecular weight excluding hydrogens is 423 g/mol. The van der Waals surface area contributed by atoms with Crippen molar-refractivity contribution in [1.29, 1.82) is 0 Å². The first-order valence-electron chi connectivity index (χ1n) is 8.96. The number of hydrogen-bond acceptors (Lipinski definition) is 5. The van der Waals surface area contributed by atoms with Crippen LogP contribution in [0.3, 0.4) is 0 Å². The van der Waals surface area contributed by atoms with E-state index in [0.717, 1.165) is 0 Å². The zero-order valence-electron chi connectivity index (χ0n) is 15.4. The molecule has 1 aromatic carbocycles. The molecule has 0 spiro atoms. The van der Waals surface area contributed by atoms with Gasteiger partial charge < -0.3 is 15.1 Å². The molecule has 1 saturated heterocycles. The number of para-hydroxylation sites is 1. The third kappa shape index (κ3) is 6.14. The second-order valence-corrected chi connectivity index (χ2v) is 8.37. The lowest BCUT2D eigenvalue weighted by molar-refractivity contribution is -0.130. The molecule has 156 valence electrons. The Bertz CT molecular complexity index is 835. The summed E-state index contributed by atoms with van der Waals surface area (Å²) < 4.78 is 37.4. The summed E-state index contributed by atoms with van der Waals surface area (Å²) in [5.74, 6) is -1.16. The van der Waals surface area contributed by atoms with Crippen molar-refractivity contribution in [2.75, 3.05) is 43.8 Å². The number of nitrogens with one attached hydrogen (secondary N) is 1. The summed E-state index contributed by atoms with van der Waals surface area (Å²) >= 11 is 2.08. The zero-order valence-corrected chi connectivity index (χ0v) is 17.1. The Morgan fingerprint density at radius 2 is 1.72 bits per heavy atom. The van der Waals surface area contributed by atoms with Gasteiger partial charge in [0.15, 0.2) is 0 Å². The Hall–Kier alpha value is -2.20. The first kappa shape index (κ1) is 21.5. The van der Waals surface area contributed by atoms with E-state index in [2.05, 4.69) is 5.32 Å². The predicted molar refractivity (Wildman–Crippen MR) is 109 cm³/mol. The fourth-order valence-corrected chi connectivity index (χ4v) is 4.38. The Morgan fingerprint density at radius 1 is 1.03 bits per heavy atom. The average molecular weight is 444 g/mol. The molecule has 1 aliphatic heterocycles.